The molecule has 2 aromatic carbocycles. The van der Waals surface area contributed by atoms with Crippen molar-refractivity contribution in [1.82, 2.24) is 4.90 Å². The van der Waals surface area contributed by atoms with Crippen molar-refractivity contribution in [2.75, 3.05) is 13.3 Å². The number of rotatable bonds is 1. The van der Waals surface area contributed by atoms with E-state index in [9.17, 15) is 9.18 Å². The summed E-state index contributed by atoms with van der Waals surface area (Å²) in [6.07, 6.45) is 0.614. The summed E-state index contributed by atoms with van der Waals surface area (Å²) >= 11 is 6.01. The zero-order valence-corrected chi connectivity index (χ0v) is 13.4. The van der Waals surface area contributed by atoms with Crippen molar-refractivity contribution in [3.8, 4) is 11.5 Å². The van der Waals surface area contributed by atoms with Crippen molar-refractivity contribution < 1.29 is 18.7 Å². The second-order valence-corrected chi connectivity index (χ2v) is 6.02. The van der Waals surface area contributed by atoms with Crippen molar-refractivity contribution in [2.24, 2.45) is 0 Å². The van der Waals surface area contributed by atoms with Crippen LogP contribution in [0, 0.1) is 5.82 Å². The monoisotopic (exact) mass is 345 g/mol. The van der Waals surface area contributed by atoms with Gasteiger partial charge in [0.15, 0.2) is 11.5 Å². The number of hydrogen-bond acceptors (Lipinski definition) is 3. The van der Waals surface area contributed by atoms with Crippen molar-refractivity contribution in [1.29, 1.82) is 0 Å². The Morgan fingerprint density at radius 1 is 1.25 bits per heavy atom. The lowest BCUT2D eigenvalue weighted by atomic mass is 9.95. The first kappa shape index (κ1) is 15.0. The SMILES string of the molecule is C=C1c2cc3c(cc2CCN1C(=O)c1c(F)cccc1Cl)OCO3. The van der Waals surface area contributed by atoms with Gasteiger partial charge in [-0.3, -0.25) is 4.79 Å². The van der Waals surface area contributed by atoms with Gasteiger partial charge in [-0.15, -0.1) is 0 Å². The molecule has 0 bridgehead atoms. The van der Waals surface area contributed by atoms with E-state index in [4.69, 9.17) is 21.1 Å². The summed E-state index contributed by atoms with van der Waals surface area (Å²) in [7, 11) is 0. The molecule has 0 unspecified atom stereocenters. The van der Waals surface area contributed by atoms with Crippen LogP contribution in [-0.4, -0.2) is 24.1 Å². The van der Waals surface area contributed by atoms with Gasteiger partial charge in [0.05, 0.1) is 10.6 Å². The maximum Gasteiger partial charge on any atom is 0.262 e. The van der Waals surface area contributed by atoms with Gasteiger partial charge in [-0.05, 0) is 36.2 Å². The zero-order valence-electron chi connectivity index (χ0n) is 12.6. The second-order valence-electron chi connectivity index (χ2n) is 5.61. The van der Waals surface area contributed by atoms with Gasteiger partial charge in [0, 0.05) is 17.8 Å². The minimum atomic E-state index is -0.642. The zero-order chi connectivity index (χ0) is 16.8. The van der Waals surface area contributed by atoms with Crippen LogP contribution in [0.4, 0.5) is 4.39 Å². The number of carbonyl (C=O) groups is 1. The number of benzene rings is 2. The van der Waals surface area contributed by atoms with E-state index in [1.165, 1.54) is 23.1 Å². The van der Waals surface area contributed by atoms with Gasteiger partial charge in [0.25, 0.3) is 5.91 Å². The molecule has 4 nitrogen and oxygen atoms in total. The van der Waals surface area contributed by atoms with E-state index in [2.05, 4.69) is 6.58 Å². The molecule has 0 fully saturated rings. The van der Waals surface area contributed by atoms with Crippen LogP contribution in [0.5, 0.6) is 11.5 Å². The van der Waals surface area contributed by atoms with Crippen molar-refractivity contribution in [3.05, 3.63) is 64.4 Å². The lowest BCUT2D eigenvalue weighted by Gasteiger charge is -2.31. The normalized spacial score (nSPS) is 15.4. The van der Waals surface area contributed by atoms with Gasteiger partial charge < -0.3 is 14.4 Å². The molecule has 0 aromatic heterocycles. The Hall–Kier alpha value is -2.53. The first-order valence-corrected chi connectivity index (χ1v) is 7.81. The summed E-state index contributed by atoms with van der Waals surface area (Å²) in [4.78, 5) is 14.2. The largest absolute Gasteiger partial charge is 0.454 e. The molecule has 0 saturated heterocycles. The van der Waals surface area contributed by atoms with E-state index >= 15 is 0 Å². The van der Waals surface area contributed by atoms with Gasteiger partial charge in [0.1, 0.15) is 5.82 Å². The predicted octanol–water partition coefficient (Wildman–Crippen LogP) is 3.88. The predicted molar refractivity (Wildman–Crippen MR) is 87.7 cm³/mol. The molecule has 0 saturated carbocycles. The third kappa shape index (κ3) is 2.24. The van der Waals surface area contributed by atoms with Crippen molar-refractivity contribution in [3.63, 3.8) is 0 Å². The molecule has 2 aliphatic heterocycles. The quantitative estimate of drug-likeness (QED) is 0.787. The van der Waals surface area contributed by atoms with E-state index in [1.807, 2.05) is 12.1 Å². The van der Waals surface area contributed by atoms with Gasteiger partial charge >= 0.3 is 0 Å². The fourth-order valence-electron chi connectivity index (χ4n) is 3.03. The third-order valence-corrected chi connectivity index (χ3v) is 4.58. The molecule has 1 amide bonds. The van der Waals surface area contributed by atoms with E-state index in [0.717, 1.165) is 11.1 Å². The fourth-order valence-corrected chi connectivity index (χ4v) is 3.28. The standard InChI is InChI=1S/C18H13ClFNO3/c1-10-12-8-16-15(23-9-24-16)7-11(12)5-6-21(10)18(22)17-13(19)3-2-4-14(17)20/h2-4,7-8H,1,5-6,9H2. The summed E-state index contributed by atoms with van der Waals surface area (Å²) in [5.74, 6) is 0.176. The Bertz CT molecular complexity index is 861. The lowest BCUT2D eigenvalue weighted by molar-refractivity contribution is 0.0829. The molecule has 0 radical (unpaired) electrons. The number of carbonyl (C=O) groups excluding carboxylic acids is 1. The maximum absolute atomic E-state index is 14.1. The second kappa shape index (κ2) is 5.53. The van der Waals surface area contributed by atoms with E-state index in [-0.39, 0.29) is 17.4 Å². The number of nitrogens with zero attached hydrogens (tertiary/aromatic N) is 1. The molecule has 2 aromatic rings. The summed E-state index contributed by atoms with van der Waals surface area (Å²) < 4.78 is 24.8. The molecular weight excluding hydrogens is 333 g/mol. The molecular formula is C18H13ClFNO3. The number of fused-ring (bicyclic) bond motifs is 2. The summed E-state index contributed by atoms with van der Waals surface area (Å²) in [5, 5.41) is 0.0873. The molecule has 0 aliphatic carbocycles. The topological polar surface area (TPSA) is 38.8 Å². The highest BCUT2D eigenvalue weighted by Gasteiger charge is 2.30. The molecule has 2 aliphatic rings. The van der Waals surface area contributed by atoms with Crippen LogP contribution in [0.2, 0.25) is 5.02 Å². The molecule has 0 spiro atoms. The summed E-state index contributed by atoms with van der Waals surface area (Å²) in [5.41, 5.74) is 2.18. The first-order valence-electron chi connectivity index (χ1n) is 7.44. The van der Waals surface area contributed by atoms with Crippen molar-refractivity contribution in [2.45, 2.75) is 6.42 Å². The number of ether oxygens (including phenoxy) is 2. The Morgan fingerprint density at radius 3 is 2.75 bits per heavy atom. The van der Waals surface area contributed by atoms with Gasteiger partial charge in [-0.1, -0.05) is 24.2 Å². The third-order valence-electron chi connectivity index (χ3n) is 4.26. The first-order chi connectivity index (χ1) is 11.6. The fraction of sp³-hybridized carbons (Fsp3) is 0.167. The Balaban J connectivity index is 1.72. The highest BCUT2D eigenvalue weighted by molar-refractivity contribution is 6.34. The van der Waals surface area contributed by atoms with Crippen LogP contribution in [-0.2, 0) is 6.42 Å². The number of hydrogen-bond donors (Lipinski definition) is 0. The van der Waals surface area contributed by atoms with Crippen LogP contribution in [0.1, 0.15) is 21.5 Å². The van der Waals surface area contributed by atoms with Crippen LogP contribution in [0.15, 0.2) is 36.9 Å². The molecule has 2 heterocycles. The smallest absolute Gasteiger partial charge is 0.262 e. The Kier molecular flexibility index (Phi) is 3.46. The van der Waals surface area contributed by atoms with Gasteiger partial charge in [0.2, 0.25) is 6.79 Å². The molecule has 0 atom stereocenters. The lowest BCUT2D eigenvalue weighted by Crippen LogP contribution is -2.35. The van der Waals surface area contributed by atoms with E-state index in [0.29, 0.717) is 30.2 Å². The molecule has 0 N–H and O–H groups in total. The maximum atomic E-state index is 14.1. The molecule has 4 rings (SSSR count). The van der Waals surface area contributed by atoms with Crippen molar-refractivity contribution >= 4 is 23.2 Å². The minimum absolute atomic E-state index is 0.0873. The highest BCUT2D eigenvalue weighted by Crippen LogP contribution is 2.40. The molecule has 24 heavy (non-hydrogen) atoms. The molecule has 122 valence electrons. The Morgan fingerprint density at radius 2 is 2.00 bits per heavy atom. The average molecular weight is 346 g/mol. The van der Waals surface area contributed by atoms with Crippen LogP contribution in [0.3, 0.4) is 0 Å². The number of amides is 1. The Labute approximate surface area is 143 Å². The van der Waals surface area contributed by atoms with Gasteiger partial charge in [-0.2, -0.15) is 0 Å². The van der Waals surface area contributed by atoms with Crippen LogP contribution < -0.4 is 9.47 Å². The minimum Gasteiger partial charge on any atom is -0.454 e. The number of halogens is 2. The van der Waals surface area contributed by atoms with E-state index in [1.54, 1.807) is 0 Å². The molecule has 6 heteroatoms. The summed E-state index contributed by atoms with van der Waals surface area (Å²) in [6.45, 7) is 4.59. The highest BCUT2D eigenvalue weighted by atomic mass is 35.5. The summed E-state index contributed by atoms with van der Waals surface area (Å²) in [6, 6.07) is 7.90. The van der Waals surface area contributed by atoms with Gasteiger partial charge in [-0.25, -0.2) is 4.39 Å². The van der Waals surface area contributed by atoms with E-state index < -0.39 is 11.7 Å². The van der Waals surface area contributed by atoms with Crippen LogP contribution in [0.25, 0.3) is 5.70 Å². The average Bonchev–Trinajstić information content (AvgIpc) is 3.00. The van der Waals surface area contributed by atoms with Crippen LogP contribution >= 0.6 is 11.6 Å².